The topological polar surface area (TPSA) is 47.0 Å². The Morgan fingerprint density at radius 3 is 2.76 bits per heavy atom. The maximum absolute atomic E-state index is 5.75. The van der Waals surface area contributed by atoms with E-state index in [1.165, 1.54) is 11.1 Å². The minimum Gasteiger partial charge on any atom is -0.437 e. The minimum atomic E-state index is 0.521. The van der Waals surface area contributed by atoms with E-state index in [0.29, 0.717) is 5.88 Å². The zero-order valence-electron chi connectivity index (χ0n) is 12.2. The molecular formula is C17H19N3O. The molecule has 1 fully saturated rings. The van der Waals surface area contributed by atoms with Crippen LogP contribution < -0.4 is 10.1 Å². The molecule has 0 unspecified atom stereocenters. The Hall–Kier alpha value is -2.20. The van der Waals surface area contributed by atoms with Gasteiger partial charge in [-0.15, -0.1) is 0 Å². The van der Waals surface area contributed by atoms with E-state index in [0.717, 1.165) is 37.4 Å². The number of piperidine rings is 1. The molecule has 2 heterocycles. The largest absolute Gasteiger partial charge is 0.437 e. The van der Waals surface area contributed by atoms with E-state index in [1.54, 1.807) is 12.4 Å². The Morgan fingerprint density at radius 1 is 1.14 bits per heavy atom. The third-order valence-electron chi connectivity index (χ3n) is 3.45. The maximum Gasteiger partial charge on any atom is 0.237 e. The van der Waals surface area contributed by atoms with Crippen LogP contribution in [0.3, 0.4) is 0 Å². The molecule has 1 saturated heterocycles. The van der Waals surface area contributed by atoms with Crippen LogP contribution in [0.25, 0.3) is 6.08 Å². The van der Waals surface area contributed by atoms with Crippen LogP contribution in [0.5, 0.6) is 11.6 Å². The van der Waals surface area contributed by atoms with Crippen molar-refractivity contribution in [2.45, 2.75) is 19.8 Å². The Labute approximate surface area is 124 Å². The number of hydrogen-bond donors (Lipinski definition) is 1. The molecule has 0 amide bonds. The van der Waals surface area contributed by atoms with Crippen LogP contribution in [-0.4, -0.2) is 23.1 Å². The Bertz CT molecular complexity index is 627. The molecule has 0 bridgehead atoms. The van der Waals surface area contributed by atoms with Crippen LogP contribution >= 0.6 is 0 Å². The summed E-state index contributed by atoms with van der Waals surface area (Å²) in [4.78, 5) is 8.40. The lowest BCUT2D eigenvalue weighted by Gasteiger charge is -2.15. The van der Waals surface area contributed by atoms with Gasteiger partial charge in [0, 0.05) is 0 Å². The number of nitrogens with zero attached hydrogens (tertiary/aromatic N) is 2. The molecule has 0 aliphatic carbocycles. The molecule has 4 nitrogen and oxygen atoms in total. The first kappa shape index (κ1) is 13.8. The normalized spacial score (nSPS) is 14.8. The van der Waals surface area contributed by atoms with Gasteiger partial charge in [-0.25, -0.2) is 4.98 Å². The molecule has 3 rings (SSSR count). The van der Waals surface area contributed by atoms with Gasteiger partial charge >= 0.3 is 0 Å². The monoisotopic (exact) mass is 281 g/mol. The summed E-state index contributed by atoms with van der Waals surface area (Å²) in [6.45, 7) is 4.05. The number of ether oxygens (including phenoxy) is 1. The highest BCUT2D eigenvalue weighted by atomic mass is 16.5. The van der Waals surface area contributed by atoms with Crippen molar-refractivity contribution in [2.24, 2.45) is 0 Å². The molecule has 2 aromatic rings. The van der Waals surface area contributed by atoms with E-state index in [-0.39, 0.29) is 0 Å². The van der Waals surface area contributed by atoms with Crippen molar-refractivity contribution in [1.82, 2.24) is 15.3 Å². The zero-order chi connectivity index (χ0) is 14.5. The first-order valence-electron chi connectivity index (χ1n) is 7.26. The van der Waals surface area contributed by atoms with Crippen molar-refractivity contribution in [3.63, 3.8) is 0 Å². The van der Waals surface area contributed by atoms with Crippen LogP contribution in [-0.2, 0) is 0 Å². The predicted octanol–water partition coefficient (Wildman–Crippen LogP) is 3.34. The Balaban J connectivity index is 1.75. The van der Waals surface area contributed by atoms with Gasteiger partial charge in [0.1, 0.15) is 5.75 Å². The number of nitrogens with one attached hydrogen (secondary N) is 1. The van der Waals surface area contributed by atoms with Crippen molar-refractivity contribution < 1.29 is 4.74 Å². The average Bonchev–Trinajstić information content (AvgIpc) is 2.51. The Kier molecular flexibility index (Phi) is 4.26. The van der Waals surface area contributed by atoms with Gasteiger partial charge in [-0.2, -0.15) is 0 Å². The summed E-state index contributed by atoms with van der Waals surface area (Å²) in [7, 11) is 0. The van der Waals surface area contributed by atoms with Crippen molar-refractivity contribution >= 4 is 6.08 Å². The summed E-state index contributed by atoms with van der Waals surface area (Å²) >= 11 is 0. The molecule has 1 N–H and O–H groups in total. The lowest BCUT2D eigenvalue weighted by molar-refractivity contribution is 0.459. The van der Waals surface area contributed by atoms with Gasteiger partial charge in [0.25, 0.3) is 0 Å². The first-order chi connectivity index (χ1) is 10.3. The predicted molar refractivity (Wildman–Crippen MR) is 83.4 cm³/mol. The molecule has 108 valence electrons. The summed E-state index contributed by atoms with van der Waals surface area (Å²) < 4.78 is 5.75. The molecule has 1 aromatic heterocycles. The molecule has 1 aliphatic rings. The Morgan fingerprint density at radius 2 is 2.00 bits per heavy atom. The van der Waals surface area contributed by atoms with E-state index < -0.39 is 0 Å². The van der Waals surface area contributed by atoms with E-state index >= 15 is 0 Å². The summed E-state index contributed by atoms with van der Waals surface area (Å²) in [5, 5.41) is 3.37. The fourth-order valence-electron chi connectivity index (χ4n) is 2.35. The number of aromatic nitrogens is 2. The molecule has 0 radical (unpaired) electrons. The standard InChI is InChI=1S/C17H19N3O/c1-13-11-20-17(12-19-13)21-16-4-2-3-15(10-16)9-14-5-7-18-8-6-14/h2-4,9-12,18H,5-8H2,1H3. The van der Waals surface area contributed by atoms with E-state index in [2.05, 4.69) is 27.4 Å². The third-order valence-corrected chi connectivity index (χ3v) is 3.45. The van der Waals surface area contributed by atoms with Crippen LogP contribution in [0, 0.1) is 6.92 Å². The summed E-state index contributed by atoms with van der Waals surface area (Å²) in [6.07, 6.45) is 7.85. The second-order valence-electron chi connectivity index (χ2n) is 5.22. The van der Waals surface area contributed by atoms with Crippen LogP contribution in [0.4, 0.5) is 0 Å². The fourth-order valence-corrected chi connectivity index (χ4v) is 2.35. The maximum atomic E-state index is 5.75. The van der Waals surface area contributed by atoms with Gasteiger partial charge in [-0.3, -0.25) is 4.98 Å². The highest BCUT2D eigenvalue weighted by molar-refractivity contribution is 5.55. The highest BCUT2D eigenvalue weighted by Gasteiger charge is 2.05. The van der Waals surface area contributed by atoms with Crippen LogP contribution in [0.15, 0.2) is 42.2 Å². The number of rotatable bonds is 3. The smallest absolute Gasteiger partial charge is 0.237 e. The first-order valence-corrected chi connectivity index (χ1v) is 7.26. The molecule has 21 heavy (non-hydrogen) atoms. The van der Waals surface area contributed by atoms with Crippen molar-refractivity contribution in [3.05, 3.63) is 53.5 Å². The SMILES string of the molecule is Cc1cnc(Oc2cccc(C=C3CCNCC3)c2)cn1. The van der Waals surface area contributed by atoms with Crippen LogP contribution in [0.1, 0.15) is 24.1 Å². The molecule has 1 aromatic carbocycles. The molecule has 1 aliphatic heterocycles. The summed E-state index contributed by atoms with van der Waals surface area (Å²) in [5.41, 5.74) is 3.54. The quantitative estimate of drug-likeness (QED) is 0.937. The van der Waals surface area contributed by atoms with E-state index in [4.69, 9.17) is 4.74 Å². The van der Waals surface area contributed by atoms with Gasteiger partial charge < -0.3 is 10.1 Å². The van der Waals surface area contributed by atoms with Gasteiger partial charge in [-0.05, 0) is 50.6 Å². The summed E-state index contributed by atoms with van der Waals surface area (Å²) in [5.74, 6) is 1.31. The lowest BCUT2D eigenvalue weighted by Crippen LogP contribution is -2.22. The van der Waals surface area contributed by atoms with Crippen molar-refractivity contribution in [2.75, 3.05) is 13.1 Å². The third kappa shape index (κ3) is 3.89. The van der Waals surface area contributed by atoms with Gasteiger partial charge in [0.15, 0.2) is 0 Å². The van der Waals surface area contributed by atoms with Gasteiger partial charge in [-0.1, -0.05) is 23.8 Å². The van der Waals surface area contributed by atoms with Gasteiger partial charge in [0.2, 0.25) is 5.88 Å². The van der Waals surface area contributed by atoms with Gasteiger partial charge in [0.05, 0.1) is 18.1 Å². The fraction of sp³-hybridized carbons (Fsp3) is 0.294. The van der Waals surface area contributed by atoms with E-state index in [9.17, 15) is 0 Å². The molecule has 0 saturated carbocycles. The molecule has 0 atom stereocenters. The lowest BCUT2D eigenvalue weighted by atomic mass is 10.0. The number of hydrogen-bond acceptors (Lipinski definition) is 4. The summed E-state index contributed by atoms with van der Waals surface area (Å²) in [6, 6.07) is 8.08. The second kappa shape index (κ2) is 6.50. The van der Waals surface area contributed by atoms with E-state index in [1.807, 2.05) is 25.1 Å². The number of benzene rings is 1. The van der Waals surface area contributed by atoms with Crippen LogP contribution in [0.2, 0.25) is 0 Å². The average molecular weight is 281 g/mol. The highest BCUT2D eigenvalue weighted by Crippen LogP contribution is 2.22. The second-order valence-corrected chi connectivity index (χ2v) is 5.22. The molecular weight excluding hydrogens is 262 g/mol. The van der Waals surface area contributed by atoms with Crippen molar-refractivity contribution in [3.8, 4) is 11.6 Å². The molecule has 0 spiro atoms. The number of aryl methyl sites for hydroxylation is 1. The zero-order valence-corrected chi connectivity index (χ0v) is 12.2. The molecule has 4 heteroatoms. The minimum absolute atomic E-state index is 0.521. The van der Waals surface area contributed by atoms with Crippen molar-refractivity contribution in [1.29, 1.82) is 0 Å².